The van der Waals surface area contributed by atoms with Crippen molar-refractivity contribution >= 4 is 34.4 Å². The molecule has 0 radical (unpaired) electrons. The molecule has 0 atom stereocenters. The Morgan fingerprint density at radius 2 is 1.56 bits per heavy atom. The van der Waals surface area contributed by atoms with Gasteiger partial charge in [-0.3, -0.25) is 5.32 Å². The van der Waals surface area contributed by atoms with Crippen LogP contribution < -0.4 is 10.1 Å². The third kappa shape index (κ3) is 5.07. The van der Waals surface area contributed by atoms with Crippen molar-refractivity contribution < 1.29 is 9.53 Å². The highest BCUT2D eigenvalue weighted by atomic mass is 35.5. The van der Waals surface area contributed by atoms with Crippen molar-refractivity contribution in [2.75, 3.05) is 5.32 Å². The molecule has 4 rings (SSSR count). The maximum absolute atomic E-state index is 12.9. The lowest BCUT2D eigenvalue weighted by atomic mass is 9.79. The van der Waals surface area contributed by atoms with Gasteiger partial charge in [-0.05, 0) is 52.8 Å². The average Bonchev–Trinajstić information content (AvgIpc) is 3.15. The zero-order chi connectivity index (χ0) is 24.7. The fourth-order valence-electron chi connectivity index (χ4n) is 3.61. The molecule has 0 saturated heterocycles. The lowest BCUT2D eigenvalue weighted by Crippen LogP contribution is -2.24. The van der Waals surface area contributed by atoms with E-state index in [1.54, 1.807) is 24.3 Å². The van der Waals surface area contributed by atoms with E-state index in [9.17, 15) is 4.79 Å². The molecule has 0 bridgehead atoms. The van der Waals surface area contributed by atoms with Crippen molar-refractivity contribution in [3.63, 3.8) is 0 Å². The van der Waals surface area contributed by atoms with Crippen LogP contribution in [0.25, 0.3) is 16.7 Å². The summed E-state index contributed by atoms with van der Waals surface area (Å²) in [5.74, 6) is 0.417. The molecule has 1 aromatic heterocycles. The van der Waals surface area contributed by atoms with Gasteiger partial charge in [0.15, 0.2) is 5.75 Å². The smallest absolute Gasteiger partial charge is 0.407 e. The van der Waals surface area contributed by atoms with Crippen LogP contribution in [-0.2, 0) is 10.8 Å². The number of anilines is 1. The first-order chi connectivity index (χ1) is 15.9. The van der Waals surface area contributed by atoms with Crippen molar-refractivity contribution in [1.29, 1.82) is 0 Å². The number of amides is 1. The van der Waals surface area contributed by atoms with Crippen LogP contribution in [0.2, 0.25) is 5.02 Å². The maximum Gasteiger partial charge on any atom is 0.417 e. The van der Waals surface area contributed by atoms with Gasteiger partial charge in [-0.15, -0.1) is 15.0 Å². The number of fused-ring (bicyclic) bond motifs is 1. The van der Waals surface area contributed by atoms with Crippen LogP contribution in [0.1, 0.15) is 52.7 Å². The van der Waals surface area contributed by atoms with E-state index < -0.39 is 6.09 Å². The molecule has 0 saturated carbocycles. The number of para-hydroxylation sites is 1. The van der Waals surface area contributed by atoms with E-state index >= 15 is 0 Å². The monoisotopic (exact) mass is 476 g/mol. The number of nitrogens with one attached hydrogen (secondary N) is 1. The third-order valence-electron chi connectivity index (χ3n) is 5.52. The topological polar surface area (TPSA) is 69.0 Å². The summed E-state index contributed by atoms with van der Waals surface area (Å²) in [4.78, 5) is 14.5. The number of rotatable bonds is 3. The summed E-state index contributed by atoms with van der Waals surface area (Å²) in [6.07, 6.45) is -0.582. The van der Waals surface area contributed by atoms with Gasteiger partial charge in [-0.2, -0.15) is 0 Å². The predicted molar refractivity (Wildman–Crippen MR) is 137 cm³/mol. The minimum Gasteiger partial charge on any atom is -0.407 e. The molecule has 7 heteroatoms. The average molecular weight is 477 g/mol. The molecule has 0 aliphatic carbocycles. The van der Waals surface area contributed by atoms with Gasteiger partial charge >= 0.3 is 6.09 Å². The van der Waals surface area contributed by atoms with Crippen LogP contribution >= 0.6 is 11.6 Å². The van der Waals surface area contributed by atoms with Gasteiger partial charge in [-0.1, -0.05) is 77.4 Å². The lowest BCUT2D eigenvalue weighted by molar-refractivity contribution is 0.214. The van der Waals surface area contributed by atoms with Crippen molar-refractivity contribution in [2.24, 2.45) is 0 Å². The number of benzene rings is 3. The summed E-state index contributed by atoms with van der Waals surface area (Å²) < 4.78 is 5.97. The molecule has 1 heterocycles. The molecule has 3 aromatic carbocycles. The second-order valence-electron chi connectivity index (χ2n) is 10.4. The lowest BCUT2D eigenvalue weighted by Gasteiger charge is -2.28. The molecule has 4 aromatic rings. The van der Waals surface area contributed by atoms with E-state index in [0.29, 0.717) is 33.2 Å². The molecule has 0 aliphatic rings. The molecule has 6 nitrogen and oxygen atoms in total. The van der Waals surface area contributed by atoms with Crippen LogP contribution in [0.4, 0.5) is 10.5 Å². The summed E-state index contributed by atoms with van der Waals surface area (Å²) in [5.41, 5.74) is 4.11. The van der Waals surface area contributed by atoms with Crippen LogP contribution in [0.5, 0.6) is 5.75 Å². The summed E-state index contributed by atoms with van der Waals surface area (Å²) in [6.45, 7) is 12.7. The zero-order valence-corrected chi connectivity index (χ0v) is 21.1. The van der Waals surface area contributed by atoms with Crippen molar-refractivity contribution in [2.45, 2.75) is 52.4 Å². The normalized spacial score (nSPS) is 12.1. The number of aromatic nitrogens is 3. The Morgan fingerprint density at radius 1 is 0.882 bits per heavy atom. The second kappa shape index (κ2) is 8.76. The first-order valence-electron chi connectivity index (χ1n) is 11.2. The van der Waals surface area contributed by atoms with E-state index in [2.05, 4.69) is 63.1 Å². The molecule has 1 amide bonds. The van der Waals surface area contributed by atoms with Gasteiger partial charge in [-0.25, -0.2) is 4.79 Å². The van der Waals surface area contributed by atoms with E-state index in [4.69, 9.17) is 16.3 Å². The summed E-state index contributed by atoms with van der Waals surface area (Å²) in [5, 5.41) is 12.7. The Bertz CT molecular complexity index is 1350. The predicted octanol–water partition coefficient (Wildman–Crippen LogP) is 7.28. The molecule has 34 heavy (non-hydrogen) atoms. The van der Waals surface area contributed by atoms with Crippen molar-refractivity contribution in [3.8, 4) is 11.4 Å². The zero-order valence-electron chi connectivity index (χ0n) is 20.3. The molecular weight excluding hydrogens is 448 g/mol. The molecule has 0 aliphatic heterocycles. The van der Waals surface area contributed by atoms with Gasteiger partial charge in [0, 0.05) is 16.3 Å². The Balaban J connectivity index is 1.90. The van der Waals surface area contributed by atoms with E-state index in [-0.39, 0.29) is 10.8 Å². The van der Waals surface area contributed by atoms with Gasteiger partial charge in [0.2, 0.25) is 0 Å². The molecule has 0 spiro atoms. The largest absolute Gasteiger partial charge is 0.417 e. The molecular formula is C27H29ClN4O2. The van der Waals surface area contributed by atoms with Crippen LogP contribution in [0.3, 0.4) is 0 Å². The number of hydrogen-bond donors (Lipinski definition) is 1. The van der Waals surface area contributed by atoms with Gasteiger partial charge in [0.25, 0.3) is 0 Å². The van der Waals surface area contributed by atoms with Crippen molar-refractivity contribution in [1.82, 2.24) is 15.0 Å². The van der Waals surface area contributed by atoms with Crippen LogP contribution in [0, 0.1) is 0 Å². The number of hydrogen-bond acceptors (Lipinski definition) is 4. The summed E-state index contributed by atoms with van der Waals surface area (Å²) in [7, 11) is 0. The highest BCUT2D eigenvalue weighted by Gasteiger charge is 2.29. The maximum atomic E-state index is 12.9. The van der Waals surface area contributed by atoms with Gasteiger partial charge < -0.3 is 4.74 Å². The minimum absolute atomic E-state index is 0.143. The Kier molecular flexibility index (Phi) is 6.13. The highest BCUT2D eigenvalue weighted by Crippen LogP contribution is 2.40. The number of ether oxygens (including phenoxy) is 1. The molecule has 176 valence electrons. The number of carbonyl (C=O) groups is 1. The fourth-order valence-corrected chi connectivity index (χ4v) is 3.78. The summed E-state index contributed by atoms with van der Waals surface area (Å²) >= 11 is 6.17. The molecule has 0 unspecified atom stereocenters. The van der Waals surface area contributed by atoms with Crippen molar-refractivity contribution in [3.05, 3.63) is 76.8 Å². The van der Waals surface area contributed by atoms with Gasteiger partial charge in [0.05, 0.1) is 0 Å². The second-order valence-corrected chi connectivity index (χ2v) is 10.8. The van der Waals surface area contributed by atoms with E-state index in [1.165, 1.54) is 4.80 Å². The Hall–Kier alpha value is -3.38. The molecule has 1 N–H and O–H groups in total. The first-order valence-corrected chi connectivity index (χ1v) is 11.6. The Morgan fingerprint density at radius 3 is 2.21 bits per heavy atom. The van der Waals surface area contributed by atoms with Crippen LogP contribution in [0.15, 0.2) is 60.7 Å². The number of carbonyl (C=O) groups excluding carboxylic acids is 1. The first kappa shape index (κ1) is 23.8. The molecule has 0 fully saturated rings. The SMILES string of the molecule is CC(C)(C)c1cc(-n2nc3ccc(Cl)cc3n2)c(OC(=O)Nc2ccccc2)c(C(C)(C)C)c1. The number of nitrogens with zero attached hydrogens (tertiary/aromatic N) is 3. The third-order valence-corrected chi connectivity index (χ3v) is 5.75. The van der Waals surface area contributed by atoms with Gasteiger partial charge in [0.1, 0.15) is 16.7 Å². The van der Waals surface area contributed by atoms with E-state index in [0.717, 1.165) is 11.1 Å². The quantitative estimate of drug-likeness (QED) is 0.337. The minimum atomic E-state index is -0.582. The van der Waals surface area contributed by atoms with Crippen LogP contribution in [-0.4, -0.2) is 21.1 Å². The standard InChI is InChI=1S/C27H29ClN4O2/c1-26(2,3)17-14-20(27(4,5)6)24(34-25(33)29-19-10-8-7-9-11-19)23(15-17)32-30-21-13-12-18(28)16-22(21)31-32/h7-16H,1-6H3,(H,29,33). The summed E-state index contributed by atoms with van der Waals surface area (Å²) in [6, 6.07) is 18.7. The van der Waals surface area contributed by atoms with E-state index in [1.807, 2.05) is 30.3 Å². The number of halogens is 1. The fraction of sp³-hybridized carbons (Fsp3) is 0.296. The highest BCUT2D eigenvalue weighted by molar-refractivity contribution is 6.31. The Labute approximate surface area is 204 Å².